The largest absolute Gasteiger partial charge is 0.370 e. The van der Waals surface area contributed by atoms with Gasteiger partial charge in [0, 0.05) is 28.1 Å². The van der Waals surface area contributed by atoms with E-state index in [4.69, 9.17) is 22.5 Å². The summed E-state index contributed by atoms with van der Waals surface area (Å²) in [5.74, 6) is 0.926. The summed E-state index contributed by atoms with van der Waals surface area (Å²) in [6.07, 6.45) is 0.866. The molecule has 0 aliphatic rings. The van der Waals surface area contributed by atoms with Crippen LogP contribution in [0.1, 0.15) is 11.1 Å². The van der Waals surface area contributed by atoms with Crippen molar-refractivity contribution in [1.82, 2.24) is 9.97 Å². The normalized spacial score (nSPS) is 10.7. The number of hydrogen-bond acceptors (Lipinski definition) is 6. The quantitative estimate of drug-likeness (QED) is 0.548. The number of aromatic nitrogens is 2. The molecule has 0 saturated carbocycles. The molecule has 0 atom stereocenters. The standard InChI is InChI=1S/C19H20ClN5S/c1-12-15(3-2-4-16(12)20)17-11-18(25-19(21)24-17)23-10-9-13-5-7-14(26-22)8-6-13/h2-8,11H,9-10,22H2,1H3,(H3,21,23,24,25). The molecule has 0 radical (unpaired) electrons. The number of nitrogens with zero attached hydrogens (tertiary/aromatic N) is 2. The van der Waals surface area contributed by atoms with Crippen molar-refractivity contribution in [2.75, 3.05) is 17.6 Å². The zero-order valence-electron chi connectivity index (χ0n) is 14.4. The summed E-state index contributed by atoms with van der Waals surface area (Å²) >= 11 is 7.46. The van der Waals surface area contributed by atoms with Crippen LogP contribution in [-0.2, 0) is 6.42 Å². The maximum absolute atomic E-state index is 6.22. The second-order valence-electron chi connectivity index (χ2n) is 5.85. The van der Waals surface area contributed by atoms with E-state index in [1.54, 1.807) is 0 Å². The third-order valence-corrected chi connectivity index (χ3v) is 5.02. The van der Waals surface area contributed by atoms with Crippen LogP contribution in [-0.4, -0.2) is 16.5 Å². The summed E-state index contributed by atoms with van der Waals surface area (Å²) in [5, 5.41) is 9.56. The van der Waals surface area contributed by atoms with E-state index in [-0.39, 0.29) is 5.95 Å². The molecule has 134 valence electrons. The van der Waals surface area contributed by atoms with Gasteiger partial charge < -0.3 is 11.1 Å². The van der Waals surface area contributed by atoms with Crippen molar-refractivity contribution in [1.29, 1.82) is 0 Å². The first kappa shape index (κ1) is 18.5. The van der Waals surface area contributed by atoms with Gasteiger partial charge in [-0.05, 0) is 54.6 Å². The Balaban J connectivity index is 1.72. The topological polar surface area (TPSA) is 89.8 Å². The smallest absolute Gasteiger partial charge is 0.222 e. The van der Waals surface area contributed by atoms with Crippen molar-refractivity contribution in [3.8, 4) is 11.3 Å². The number of hydrogen-bond donors (Lipinski definition) is 3. The van der Waals surface area contributed by atoms with Crippen LogP contribution >= 0.6 is 23.5 Å². The second-order valence-corrected chi connectivity index (χ2v) is 6.96. The highest BCUT2D eigenvalue weighted by Crippen LogP contribution is 2.28. The van der Waals surface area contributed by atoms with Crippen LogP contribution in [0.4, 0.5) is 11.8 Å². The zero-order chi connectivity index (χ0) is 18.5. The first-order valence-electron chi connectivity index (χ1n) is 8.16. The monoisotopic (exact) mass is 385 g/mol. The van der Waals surface area contributed by atoms with Crippen molar-refractivity contribution in [2.24, 2.45) is 5.14 Å². The molecule has 3 rings (SSSR count). The molecule has 7 heteroatoms. The van der Waals surface area contributed by atoms with E-state index in [2.05, 4.69) is 27.4 Å². The zero-order valence-corrected chi connectivity index (χ0v) is 15.9. The molecule has 0 amide bonds. The third-order valence-electron chi connectivity index (χ3n) is 4.07. The summed E-state index contributed by atoms with van der Waals surface area (Å²) in [6.45, 7) is 2.70. The van der Waals surface area contributed by atoms with Crippen LogP contribution in [0, 0.1) is 6.92 Å². The van der Waals surface area contributed by atoms with Gasteiger partial charge in [0.2, 0.25) is 5.95 Å². The first-order chi connectivity index (χ1) is 12.6. The fraction of sp³-hybridized carbons (Fsp3) is 0.158. The van der Waals surface area contributed by atoms with Gasteiger partial charge in [-0.15, -0.1) is 0 Å². The van der Waals surface area contributed by atoms with E-state index in [1.807, 2.05) is 43.3 Å². The molecular formula is C19H20ClN5S. The summed E-state index contributed by atoms with van der Waals surface area (Å²) in [4.78, 5) is 9.67. The number of nitrogens with two attached hydrogens (primary N) is 2. The lowest BCUT2D eigenvalue weighted by molar-refractivity contribution is 0.999. The van der Waals surface area contributed by atoms with Crippen molar-refractivity contribution < 1.29 is 0 Å². The van der Waals surface area contributed by atoms with Crippen LogP contribution in [0.2, 0.25) is 5.02 Å². The minimum absolute atomic E-state index is 0.230. The molecule has 0 fully saturated rings. The number of nitrogen functional groups attached to an aromatic ring is 1. The lowest BCUT2D eigenvalue weighted by Crippen LogP contribution is -2.08. The maximum Gasteiger partial charge on any atom is 0.222 e. The van der Waals surface area contributed by atoms with Crippen molar-refractivity contribution in [3.05, 3.63) is 64.7 Å². The fourth-order valence-electron chi connectivity index (χ4n) is 2.65. The predicted octanol–water partition coefficient (Wildman–Crippen LogP) is 4.31. The van der Waals surface area contributed by atoms with E-state index in [9.17, 15) is 0 Å². The highest BCUT2D eigenvalue weighted by molar-refractivity contribution is 7.97. The molecule has 0 saturated heterocycles. The average molecular weight is 386 g/mol. The number of benzene rings is 2. The first-order valence-corrected chi connectivity index (χ1v) is 9.42. The Bertz CT molecular complexity index is 899. The summed E-state index contributed by atoms with van der Waals surface area (Å²) < 4.78 is 0. The predicted molar refractivity (Wildman–Crippen MR) is 110 cm³/mol. The van der Waals surface area contributed by atoms with E-state index in [0.717, 1.165) is 34.7 Å². The minimum Gasteiger partial charge on any atom is -0.370 e. The Labute approximate surface area is 162 Å². The van der Waals surface area contributed by atoms with Crippen LogP contribution in [0.15, 0.2) is 53.4 Å². The van der Waals surface area contributed by atoms with Gasteiger partial charge in [-0.3, -0.25) is 5.14 Å². The highest BCUT2D eigenvalue weighted by atomic mass is 35.5. The molecule has 26 heavy (non-hydrogen) atoms. The molecule has 1 aromatic heterocycles. The second kappa shape index (κ2) is 8.40. The third kappa shape index (κ3) is 4.46. The van der Waals surface area contributed by atoms with E-state index in [1.165, 1.54) is 17.5 Å². The number of halogens is 1. The molecular weight excluding hydrogens is 366 g/mol. The Kier molecular flexibility index (Phi) is 5.98. The lowest BCUT2D eigenvalue weighted by Gasteiger charge is -2.11. The van der Waals surface area contributed by atoms with Gasteiger partial charge in [-0.25, -0.2) is 4.98 Å². The van der Waals surface area contributed by atoms with Gasteiger partial charge in [-0.2, -0.15) is 4.98 Å². The molecule has 5 N–H and O–H groups in total. The van der Waals surface area contributed by atoms with E-state index in [0.29, 0.717) is 10.8 Å². The summed E-state index contributed by atoms with van der Waals surface area (Å²) in [7, 11) is 0. The van der Waals surface area contributed by atoms with Gasteiger partial charge in [0.25, 0.3) is 0 Å². The van der Waals surface area contributed by atoms with Crippen LogP contribution in [0.5, 0.6) is 0 Å². The molecule has 1 heterocycles. The van der Waals surface area contributed by atoms with Crippen molar-refractivity contribution in [3.63, 3.8) is 0 Å². The Hall–Kier alpha value is -2.28. The van der Waals surface area contributed by atoms with Crippen molar-refractivity contribution in [2.45, 2.75) is 18.2 Å². The van der Waals surface area contributed by atoms with Gasteiger partial charge >= 0.3 is 0 Å². The van der Waals surface area contributed by atoms with Crippen LogP contribution < -0.4 is 16.2 Å². The molecule has 0 spiro atoms. The Morgan fingerprint density at radius 1 is 1.12 bits per heavy atom. The molecule has 0 bridgehead atoms. The highest BCUT2D eigenvalue weighted by Gasteiger charge is 2.09. The Morgan fingerprint density at radius 3 is 2.62 bits per heavy atom. The van der Waals surface area contributed by atoms with E-state index >= 15 is 0 Å². The average Bonchev–Trinajstić information content (AvgIpc) is 2.64. The van der Waals surface area contributed by atoms with Gasteiger partial charge in [0.05, 0.1) is 5.69 Å². The number of anilines is 2. The summed E-state index contributed by atoms with van der Waals surface area (Å²) in [6, 6.07) is 15.8. The number of nitrogens with one attached hydrogen (secondary N) is 1. The lowest BCUT2D eigenvalue weighted by atomic mass is 10.1. The molecule has 0 aliphatic carbocycles. The van der Waals surface area contributed by atoms with E-state index < -0.39 is 0 Å². The fourth-order valence-corrected chi connectivity index (χ4v) is 3.12. The van der Waals surface area contributed by atoms with Crippen LogP contribution in [0.25, 0.3) is 11.3 Å². The molecule has 0 aliphatic heterocycles. The minimum atomic E-state index is 0.230. The number of rotatable bonds is 6. The van der Waals surface area contributed by atoms with Gasteiger partial charge in [0.15, 0.2) is 0 Å². The van der Waals surface area contributed by atoms with Crippen LogP contribution in [0.3, 0.4) is 0 Å². The Morgan fingerprint density at radius 2 is 1.88 bits per heavy atom. The van der Waals surface area contributed by atoms with Gasteiger partial charge in [0.1, 0.15) is 5.82 Å². The SMILES string of the molecule is Cc1c(Cl)cccc1-c1cc(NCCc2ccc(SN)cc2)nc(N)n1. The maximum atomic E-state index is 6.22. The molecule has 3 aromatic rings. The summed E-state index contributed by atoms with van der Waals surface area (Å²) in [5.41, 5.74) is 9.79. The molecule has 5 nitrogen and oxygen atoms in total. The molecule has 2 aromatic carbocycles. The molecule has 0 unspecified atom stereocenters. The van der Waals surface area contributed by atoms with Gasteiger partial charge in [-0.1, -0.05) is 35.9 Å². The van der Waals surface area contributed by atoms with Crippen molar-refractivity contribution >= 4 is 35.3 Å².